The molecule has 152 valence electrons. The molecule has 0 saturated heterocycles. The van der Waals surface area contributed by atoms with Crippen LogP contribution in [0, 0.1) is 5.92 Å². The van der Waals surface area contributed by atoms with Crippen molar-refractivity contribution in [1.29, 1.82) is 0 Å². The third kappa shape index (κ3) is 45.3. The maximum absolute atomic E-state index is 10.4. The summed E-state index contributed by atoms with van der Waals surface area (Å²) >= 11 is 0. The van der Waals surface area contributed by atoms with E-state index in [1.54, 1.807) is 6.92 Å². The molecule has 0 rings (SSSR count). The van der Waals surface area contributed by atoms with Gasteiger partial charge in [0.15, 0.2) is 5.97 Å². The first-order valence-corrected chi connectivity index (χ1v) is 8.76. The van der Waals surface area contributed by atoms with Crippen LogP contribution < -0.4 is 0 Å². The van der Waals surface area contributed by atoms with E-state index in [4.69, 9.17) is 20.4 Å². The van der Waals surface area contributed by atoms with Gasteiger partial charge in [0.25, 0.3) is 0 Å². The van der Waals surface area contributed by atoms with Crippen LogP contribution in [0.1, 0.15) is 79.6 Å². The predicted octanol–water partition coefficient (Wildman–Crippen LogP) is 2.98. The maximum Gasteiger partial charge on any atom is 0.173 e. The van der Waals surface area contributed by atoms with Gasteiger partial charge in [0.05, 0.1) is 0 Å². The quantitative estimate of drug-likeness (QED) is 0.322. The van der Waals surface area contributed by atoms with Crippen molar-refractivity contribution in [3.8, 4) is 0 Å². The number of aliphatic carboxylic acids is 1. The molecule has 0 aliphatic heterocycles. The summed E-state index contributed by atoms with van der Waals surface area (Å²) in [5, 5.41) is 32.5. The van der Waals surface area contributed by atoms with Crippen LogP contribution in [0.3, 0.4) is 0 Å². The Hall–Kier alpha value is -0.227. The van der Waals surface area contributed by atoms with Crippen molar-refractivity contribution in [3.05, 3.63) is 5.92 Å². The molecule has 0 aliphatic carbocycles. The summed E-state index contributed by atoms with van der Waals surface area (Å²) in [7, 11) is 0. The van der Waals surface area contributed by atoms with Crippen molar-refractivity contribution in [2.75, 3.05) is 19.8 Å². The van der Waals surface area contributed by atoms with Gasteiger partial charge in [-0.15, -0.1) is 0 Å². The Morgan fingerprint density at radius 2 is 1.04 bits per heavy atom. The molecule has 0 amide bonds. The normalized spacial score (nSPS) is 8.16. The summed E-state index contributed by atoms with van der Waals surface area (Å²) < 4.78 is 0. The minimum absolute atomic E-state index is 0. The van der Waals surface area contributed by atoms with Gasteiger partial charge < -0.3 is 25.2 Å². The van der Waals surface area contributed by atoms with E-state index >= 15 is 0 Å². The molecule has 0 fully saturated rings. The minimum atomic E-state index is -1.11. The van der Waals surface area contributed by atoms with Gasteiger partial charge in [-0.2, -0.15) is 6.42 Å². The Morgan fingerprint density at radius 3 is 1.04 bits per heavy atom. The Kier molecular flexibility index (Phi) is 50.1. The van der Waals surface area contributed by atoms with Gasteiger partial charge in [0.2, 0.25) is 0 Å². The van der Waals surface area contributed by atoms with Gasteiger partial charge in [-0.25, -0.2) is 5.92 Å². The third-order valence-electron chi connectivity index (χ3n) is 2.57. The molecule has 4 N–H and O–H groups in total. The SMILES string of the molecule is CCCCO.CCCCO.CCCCO.CC[C-](C(C)=O)C(=O)O.[Zr]. The summed E-state index contributed by atoms with van der Waals surface area (Å²) in [6.45, 7) is 10.1. The van der Waals surface area contributed by atoms with Gasteiger partial charge in [-0.1, -0.05) is 47.0 Å². The summed E-state index contributed by atoms with van der Waals surface area (Å²) in [4.78, 5) is 20.5. The molecule has 0 aromatic rings. The van der Waals surface area contributed by atoms with Crippen molar-refractivity contribution >= 4 is 11.8 Å². The average Bonchev–Trinajstić information content (AvgIpc) is 2.51. The monoisotopic (exact) mass is 441 g/mol. The van der Waals surface area contributed by atoms with Crippen LogP contribution in [-0.2, 0) is 35.8 Å². The number of ketones is 1. The molecule has 25 heavy (non-hydrogen) atoms. The Morgan fingerprint density at radius 1 is 0.760 bits per heavy atom. The largest absolute Gasteiger partial charge is 0.503 e. The van der Waals surface area contributed by atoms with E-state index in [1.165, 1.54) is 6.92 Å². The Balaban J connectivity index is -0.0000000733. The zero-order valence-electron chi connectivity index (χ0n) is 16.7. The van der Waals surface area contributed by atoms with E-state index in [2.05, 4.69) is 20.8 Å². The number of unbranched alkanes of at least 4 members (excludes halogenated alkanes) is 3. The van der Waals surface area contributed by atoms with Crippen LogP contribution in [0.2, 0.25) is 0 Å². The molecular weight excluding hydrogens is 403 g/mol. The Bertz CT molecular complexity index is 215. The fraction of sp³-hybridized carbons (Fsp3) is 0.833. The number of hydrogen-bond donors (Lipinski definition) is 4. The van der Waals surface area contributed by atoms with Crippen molar-refractivity contribution in [2.24, 2.45) is 0 Å². The smallest absolute Gasteiger partial charge is 0.173 e. The summed E-state index contributed by atoms with van der Waals surface area (Å²) in [6.07, 6.45) is 6.41. The number of rotatable bonds is 9. The van der Waals surface area contributed by atoms with Gasteiger partial charge in [0.1, 0.15) is 0 Å². The van der Waals surface area contributed by atoms with E-state index in [1.807, 2.05) is 0 Å². The molecule has 0 heterocycles. The van der Waals surface area contributed by atoms with Crippen LogP contribution in [0.25, 0.3) is 0 Å². The molecule has 0 unspecified atom stereocenters. The molecule has 0 saturated carbocycles. The number of carbonyl (C=O) groups excluding carboxylic acids is 1. The average molecular weight is 443 g/mol. The van der Waals surface area contributed by atoms with Crippen LogP contribution in [-0.4, -0.2) is 52.0 Å². The maximum atomic E-state index is 10.4. The molecule has 6 nitrogen and oxygen atoms in total. The van der Waals surface area contributed by atoms with Crippen molar-refractivity contribution in [3.63, 3.8) is 0 Å². The first-order valence-electron chi connectivity index (χ1n) is 8.76. The van der Waals surface area contributed by atoms with Gasteiger partial charge >= 0.3 is 0 Å². The second-order valence-corrected chi connectivity index (χ2v) is 4.92. The first kappa shape index (κ1) is 35.8. The van der Waals surface area contributed by atoms with E-state index in [9.17, 15) is 9.59 Å². The third-order valence-corrected chi connectivity index (χ3v) is 2.57. The van der Waals surface area contributed by atoms with E-state index in [-0.39, 0.29) is 37.9 Å². The number of carbonyl (C=O) groups is 2. The zero-order chi connectivity index (χ0) is 19.8. The number of hydrogen-bond acceptors (Lipinski definition) is 5. The van der Waals surface area contributed by atoms with Crippen molar-refractivity contribution < 1.29 is 56.2 Å². The second-order valence-electron chi connectivity index (χ2n) is 4.92. The zero-order valence-corrected chi connectivity index (χ0v) is 19.1. The van der Waals surface area contributed by atoms with Crippen LogP contribution in [0.5, 0.6) is 0 Å². The summed E-state index contributed by atoms with van der Waals surface area (Å²) in [5.41, 5.74) is 0. The second kappa shape index (κ2) is 35.0. The molecule has 7 heteroatoms. The van der Waals surface area contributed by atoms with E-state index in [0.29, 0.717) is 26.2 Å². The number of carboxylic acid groups (broad SMARTS) is 1. The first-order chi connectivity index (χ1) is 11.3. The summed E-state index contributed by atoms with van der Waals surface area (Å²) in [5.74, 6) is -1.50. The van der Waals surface area contributed by atoms with Crippen molar-refractivity contribution in [1.82, 2.24) is 0 Å². The molecule has 0 aromatic carbocycles. The van der Waals surface area contributed by atoms with E-state index in [0.717, 1.165) is 38.5 Å². The predicted molar refractivity (Wildman–Crippen MR) is 97.8 cm³/mol. The fourth-order valence-corrected chi connectivity index (χ4v) is 1.03. The molecule has 0 radical (unpaired) electrons. The topological polar surface area (TPSA) is 115 Å². The number of carboxylic acids is 1. The standard InChI is InChI=1S/C6H9O3.3C4H10O.Zr/c1-3-5(4(2)7)6(8)9;3*1-2-3-4-5;/h3H2,1-2H3,(H,8,9);3*5H,2-4H2,1H3;/q-1;;;;. The summed E-state index contributed by atoms with van der Waals surface area (Å²) in [6, 6.07) is 0. The number of aliphatic hydroxyl groups is 3. The fourth-order valence-electron chi connectivity index (χ4n) is 1.03. The number of aliphatic hydroxyl groups excluding tert-OH is 3. The molecule has 0 aliphatic rings. The van der Waals surface area contributed by atoms with Gasteiger partial charge in [-0.05, 0) is 26.2 Å². The van der Waals surface area contributed by atoms with Gasteiger partial charge in [-0.3, -0.25) is 4.79 Å². The van der Waals surface area contributed by atoms with Crippen molar-refractivity contribution in [2.45, 2.75) is 79.6 Å². The number of Topliss-reactive ketones (excluding diaryl/α,β-unsaturated/α-hetero) is 1. The van der Waals surface area contributed by atoms with Crippen LogP contribution in [0.4, 0.5) is 0 Å². The van der Waals surface area contributed by atoms with E-state index < -0.39 is 5.97 Å². The molecular formula is C18H39O6Zr-. The molecule has 0 spiro atoms. The molecule has 0 bridgehead atoms. The minimum Gasteiger partial charge on any atom is -0.503 e. The van der Waals surface area contributed by atoms with Crippen LogP contribution in [0.15, 0.2) is 0 Å². The van der Waals surface area contributed by atoms with Gasteiger partial charge in [0, 0.05) is 51.8 Å². The Labute approximate surface area is 173 Å². The van der Waals surface area contributed by atoms with Crippen LogP contribution >= 0.6 is 0 Å². The molecule has 0 aromatic heterocycles. The molecule has 0 atom stereocenters.